The summed E-state index contributed by atoms with van der Waals surface area (Å²) in [6.45, 7) is 0.207. The van der Waals surface area contributed by atoms with Crippen molar-refractivity contribution in [3.63, 3.8) is 0 Å². The first-order valence-corrected chi connectivity index (χ1v) is 10.1. The summed E-state index contributed by atoms with van der Waals surface area (Å²) in [5.41, 5.74) is 2.52. The van der Waals surface area contributed by atoms with Gasteiger partial charge in [0, 0.05) is 19.6 Å². The maximum atomic E-state index is 13.1. The third kappa shape index (κ3) is 3.48. The van der Waals surface area contributed by atoms with Crippen molar-refractivity contribution >= 4 is 17.6 Å². The van der Waals surface area contributed by atoms with E-state index in [9.17, 15) is 9.59 Å². The smallest absolute Gasteiger partial charge is 0.251 e. The Morgan fingerprint density at radius 2 is 1.77 bits per heavy atom. The maximum absolute atomic E-state index is 13.1. The summed E-state index contributed by atoms with van der Waals surface area (Å²) in [5.74, 6) is 1.66. The molecule has 2 heterocycles. The van der Waals surface area contributed by atoms with Crippen LogP contribution in [0.2, 0.25) is 0 Å². The number of benzene rings is 2. The summed E-state index contributed by atoms with van der Waals surface area (Å²) in [4.78, 5) is 29.5. The molecule has 1 fully saturated rings. The number of carbonyl (C=O) groups is 2. The normalized spacial score (nSPS) is 15.3. The van der Waals surface area contributed by atoms with Crippen LogP contribution in [0, 0.1) is 0 Å². The Balaban J connectivity index is 0.00000245. The molecule has 1 saturated carbocycles. The molecule has 1 aliphatic carbocycles. The molecule has 5 rings (SSSR count). The van der Waals surface area contributed by atoms with Gasteiger partial charge in [0.25, 0.3) is 5.91 Å². The molecular weight excluding hydrogens is 394 g/mol. The molecule has 2 aliphatic rings. The molecule has 1 aliphatic heterocycles. The monoisotopic (exact) mass is 417 g/mol. The van der Waals surface area contributed by atoms with Crippen molar-refractivity contribution < 1.29 is 20.5 Å². The summed E-state index contributed by atoms with van der Waals surface area (Å²) in [5, 5.41) is 5.58. The number of aromatic nitrogens is 1. The second-order valence-electron chi connectivity index (χ2n) is 7.67. The average Bonchev–Trinajstić information content (AvgIpc) is 3.49. The summed E-state index contributed by atoms with van der Waals surface area (Å²) in [6.07, 6.45) is 1.55. The quantitative estimate of drug-likeness (QED) is 0.660. The highest BCUT2D eigenvalue weighted by atomic mass is 16.7. The van der Waals surface area contributed by atoms with E-state index in [2.05, 4.69) is 15.6 Å². The number of fused-ring (bicyclic) bond motifs is 1. The van der Waals surface area contributed by atoms with E-state index in [1.807, 2.05) is 42.5 Å². The molecule has 3 aromatic rings. The number of amides is 2. The summed E-state index contributed by atoms with van der Waals surface area (Å²) < 4.78 is 10.8. The van der Waals surface area contributed by atoms with Gasteiger partial charge in [-0.05, 0) is 54.8 Å². The first-order valence-electron chi connectivity index (χ1n) is 10.1. The lowest BCUT2D eigenvalue weighted by Crippen LogP contribution is -2.28. The van der Waals surface area contributed by atoms with Crippen molar-refractivity contribution in [2.45, 2.75) is 18.3 Å². The third-order valence-corrected chi connectivity index (χ3v) is 5.77. The van der Waals surface area contributed by atoms with Gasteiger partial charge < -0.3 is 20.1 Å². The fourth-order valence-electron chi connectivity index (χ4n) is 3.80. The first kappa shape index (κ1) is 19.1. The number of pyridine rings is 1. The van der Waals surface area contributed by atoms with Gasteiger partial charge >= 0.3 is 0 Å². The average molecular weight is 417 g/mol. The van der Waals surface area contributed by atoms with Crippen molar-refractivity contribution in [1.29, 1.82) is 0 Å². The van der Waals surface area contributed by atoms with Gasteiger partial charge in [-0.3, -0.25) is 9.59 Å². The van der Waals surface area contributed by atoms with Crippen LogP contribution in [0.1, 0.15) is 30.2 Å². The minimum Gasteiger partial charge on any atom is -0.454 e. The van der Waals surface area contributed by atoms with Crippen LogP contribution < -0.4 is 20.1 Å². The molecule has 0 radical (unpaired) electrons. The van der Waals surface area contributed by atoms with Gasteiger partial charge in [-0.2, -0.15) is 0 Å². The van der Waals surface area contributed by atoms with Gasteiger partial charge in [0.05, 0.1) is 11.1 Å². The van der Waals surface area contributed by atoms with Crippen LogP contribution in [0.5, 0.6) is 11.5 Å². The number of nitrogens with one attached hydrogen (secondary N) is 2. The number of hydrogen-bond acceptors (Lipinski definition) is 5. The lowest BCUT2D eigenvalue weighted by Gasteiger charge is -2.16. The van der Waals surface area contributed by atoms with E-state index >= 15 is 0 Å². The molecule has 2 amide bonds. The van der Waals surface area contributed by atoms with Crippen molar-refractivity contribution in [1.82, 2.24) is 10.3 Å². The van der Waals surface area contributed by atoms with E-state index in [0.717, 1.165) is 24.0 Å². The largest absolute Gasteiger partial charge is 0.454 e. The lowest BCUT2D eigenvalue weighted by molar-refractivity contribution is -0.118. The minimum atomic E-state index is -0.562. The number of anilines is 1. The molecule has 1 aromatic heterocycles. The Labute approximate surface area is 180 Å². The van der Waals surface area contributed by atoms with E-state index in [1.54, 1.807) is 25.2 Å². The fraction of sp³-hybridized carbons (Fsp3) is 0.208. The molecule has 7 heteroatoms. The molecule has 2 aromatic carbocycles. The minimum absolute atomic E-state index is 0. The topological polar surface area (TPSA) is 89.6 Å². The molecule has 158 valence electrons. The number of rotatable bonds is 5. The number of carbonyl (C=O) groups excluding carboxylic acids is 2. The molecule has 0 saturated heterocycles. The molecular formula is C24H23N3O4. The SMILES string of the molecule is CNC(=O)c1ccc(-c2cccc(NC(=O)C3(c4ccc5c(c4)OCO5)CC3)n2)cc1.[HH]. The highest BCUT2D eigenvalue weighted by molar-refractivity contribution is 6.01. The van der Waals surface area contributed by atoms with Crippen LogP contribution >= 0.6 is 0 Å². The van der Waals surface area contributed by atoms with Gasteiger partial charge in [-0.15, -0.1) is 0 Å². The van der Waals surface area contributed by atoms with Crippen molar-refractivity contribution in [3.8, 4) is 22.8 Å². The second-order valence-corrected chi connectivity index (χ2v) is 7.67. The summed E-state index contributed by atoms with van der Waals surface area (Å²) >= 11 is 0. The van der Waals surface area contributed by atoms with Crippen LogP contribution in [-0.2, 0) is 10.2 Å². The van der Waals surface area contributed by atoms with Crippen LogP contribution in [0.3, 0.4) is 0 Å². The predicted octanol–water partition coefficient (Wildman–Crippen LogP) is 3.75. The number of ether oxygens (including phenoxy) is 2. The highest BCUT2D eigenvalue weighted by Crippen LogP contribution is 2.51. The molecule has 0 unspecified atom stereocenters. The fourth-order valence-corrected chi connectivity index (χ4v) is 3.80. The summed E-state index contributed by atoms with van der Waals surface area (Å²) in [7, 11) is 1.60. The van der Waals surface area contributed by atoms with E-state index in [1.165, 1.54) is 0 Å². The summed E-state index contributed by atoms with van der Waals surface area (Å²) in [6, 6.07) is 18.4. The van der Waals surface area contributed by atoms with Crippen LogP contribution in [0.15, 0.2) is 60.7 Å². The molecule has 0 bridgehead atoms. The van der Waals surface area contributed by atoms with Crippen molar-refractivity contribution in [2.24, 2.45) is 0 Å². The Hall–Kier alpha value is -3.87. The predicted molar refractivity (Wildman–Crippen MR) is 117 cm³/mol. The van der Waals surface area contributed by atoms with Crippen LogP contribution in [0.4, 0.5) is 5.82 Å². The van der Waals surface area contributed by atoms with Crippen molar-refractivity contribution in [2.75, 3.05) is 19.2 Å². The number of hydrogen-bond donors (Lipinski definition) is 2. The second kappa shape index (κ2) is 7.43. The standard InChI is InChI=1S/C24H21N3O4.H2/c1-25-22(28)16-7-5-15(6-8-16)18-3-2-4-21(26-18)27-23(29)24(11-12-24)17-9-10-19-20(13-17)31-14-30-19;/h2-10,13H,11-12,14H2,1H3,(H,25,28)(H,26,27,29);1H. The maximum Gasteiger partial charge on any atom is 0.251 e. The van der Waals surface area contributed by atoms with Gasteiger partial charge in [0.1, 0.15) is 5.82 Å². The molecule has 0 atom stereocenters. The van der Waals surface area contributed by atoms with Gasteiger partial charge in [0.15, 0.2) is 11.5 Å². The zero-order valence-corrected chi connectivity index (χ0v) is 17.0. The van der Waals surface area contributed by atoms with E-state index in [0.29, 0.717) is 28.6 Å². The van der Waals surface area contributed by atoms with E-state index in [-0.39, 0.29) is 20.0 Å². The van der Waals surface area contributed by atoms with Crippen LogP contribution in [0.25, 0.3) is 11.3 Å². The van der Waals surface area contributed by atoms with E-state index in [4.69, 9.17) is 9.47 Å². The van der Waals surface area contributed by atoms with Gasteiger partial charge in [0.2, 0.25) is 12.7 Å². The molecule has 2 N–H and O–H groups in total. The highest BCUT2D eigenvalue weighted by Gasteiger charge is 2.51. The Bertz CT molecular complexity index is 1180. The lowest BCUT2D eigenvalue weighted by atomic mass is 9.94. The zero-order valence-electron chi connectivity index (χ0n) is 17.0. The number of nitrogens with zero attached hydrogens (tertiary/aromatic N) is 1. The van der Waals surface area contributed by atoms with Gasteiger partial charge in [-0.1, -0.05) is 24.3 Å². The van der Waals surface area contributed by atoms with Crippen molar-refractivity contribution in [3.05, 3.63) is 71.8 Å². The van der Waals surface area contributed by atoms with Gasteiger partial charge in [-0.25, -0.2) is 4.98 Å². The first-order chi connectivity index (χ1) is 15.1. The van der Waals surface area contributed by atoms with Crippen LogP contribution in [-0.4, -0.2) is 30.6 Å². The Morgan fingerprint density at radius 1 is 1.00 bits per heavy atom. The third-order valence-electron chi connectivity index (χ3n) is 5.77. The Kier molecular flexibility index (Phi) is 4.58. The zero-order chi connectivity index (χ0) is 21.4. The Morgan fingerprint density at radius 3 is 2.52 bits per heavy atom. The molecule has 31 heavy (non-hydrogen) atoms. The molecule has 0 spiro atoms. The van der Waals surface area contributed by atoms with E-state index < -0.39 is 5.41 Å². The molecule has 7 nitrogen and oxygen atoms in total.